The zero-order chi connectivity index (χ0) is 31.0. The summed E-state index contributed by atoms with van der Waals surface area (Å²) in [6.07, 6.45) is 2.27. The van der Waals surface area contributed by atoms with Crippen LogP contribution in [0.2, 0.25) is 0 Å². The monoisotopic (exact) mass is 604 g/mol. The van der Waals surface area contributed by atoms with Crippen molar-refractivity contribution >= 4 is 23.6 Å². The van der Waals surface area contributed by atoms with Crippen molar-refractivity contribution in [2.24, 2.45) is 0 Å². The van der Waals surface area contributed by atoms with Crippen LogP contribution in [0.5, 0.6) is 0 Å². The lowest BCUT2D eigenvalue weighted by Crippen LogP contribution is -2.42. The molecule has 1 aromatic carbocycles. The number of pyridine rings is 2. The number of amides is 3. The van der Waals surface area contributed by atoms with E-state index < -0.39 is 29.9 Å². The summed E-state index contributed by atoms with van der Waals surface area (Å²) in [5.41, 5.74) is 3.74. The van der Waals surface area contributed by atoms with Crippen molar-refractivity contribution in [3.8, 4) is 16.9 Å². The Kier molecular flexibility index (Phi) is 8.03. The van der Waals surface area contributed by atoms with Crippen LogP contribution in [-0.2, 0) is 20.8 Å². The molecule has 2 atom stereocenters. The molecule has 12 nitrogen and oxygen atoms in total. The smallest absolute Gasteiger partial charge is 0.320 e. The Morgan fingerprint density at radius 3 is 2.70 bits per heavy atom. The lowest BCUT2D eigenvalue weighted by atomic mass is 10.0. The van der Waals surface area contributed by atoms with E-state index in [0.29, 0.717) is 47.3 Å². The van der Waals surface area contributed by atoms with Crippen molar-refractivity contribution < 1.29 is 27.9 Å². The van der Waals surface area contributed by atoms with Crippen LogP contribution in [0.25, 0.3) is 16.9 Å². The molecule has 5 heterocycles. The standard InChI is InChI=1S/C30H30F2N8O4/c1-17-25(19-11-18-13-24(41)38(2)29(18)34-14-19)37-40(21-7-5-4-6-8-21)28(17)36-30(42)35-23-16-39(9-10-43-3)44-26(23)20-12-22(31)27(32)33-15-20/h4-8,11-12,14-15,23,26H,9-10,13,16H2,1-3H3,(H2,35,36,42)/t23-,26+/m1/s1. The fraction of sp³-hybridized carbons (Fsp3) is 0.300. The Labute approximate surface area is 251 Å². The van der Waals surface area contributed by atoms with Gasteiger partial charge in [0.05, 0.1) is 30.5 Å². The van der Waals surface area contributed by atoms with Gasteiger partial charge >= 0.3 is 6.03 Å². The lowest BCUT2D eigenvalue weighted by molar-refractivity contribution is -0.154. The molecule has 2 N–H and O–H groups in total. The van der Waals surface area contributed by atoms with Crippen LogP contribution in [0.4, 0.5) is 25.2 Å². The van der Waals surface area contributed by atoms with Crippen LogP contribution < -0.4 is 15.5 Å². The van der Waals surface area contributed by atoms with Crippen LogP contribution in [-0.4, -0.2) is 76.6 Å². The quantitative estimate of drug-likeness (QED) is 0.293. The van der Waals surface area contributed by atoms with E-state index in [-0.39, 0.29) is 24.4 Å². The van der Waals surface area contributed by atoms with Gasteiger partial charge in [0, 0.05) is 61.9 Å². The third kappa shape index (κ3) is 5.62. The van der Waals surface area contributed by atoms with Gasteiger partial charge < -0.3 is 10.1 Å². The Bertz CT molecular complexity index is 1720. The highest BCUT2D eigenvalue weighted by Crippen LogP contribution is 2.34. The number of benzene rings is 1. The summed E-state index contributed by atoms with van der Waals surface area (Å²) in [6.45, 7) is 2.85. The van der Waals surface area contributed by atoms with E-state index in [2.05, 4.69) is 20.6 Å². The first-order valence-electron chi connectivity index (χ1n) is 13.9. The first-order valence-corrected chi connectivity index (χ1v) is 13.9. The van der Waals surface area contributed by atoms with Gasteiger partial charge in [-0.3, -0.25) is 19.8 Å². The van der Waals surface area contributed by atoms with Crippen molar-refractivity contribution in [2.45, 2.75) is 25.5 Å². The summed E-state index contributed by atoms with van der Waals surface area (Å²) in [5, 5.41) is 12.3. The molecule has 0 aliphatic carbocycles. The summed E-state index contributed by atoms with van der Waals surface area (Å²) in [7, 11) is 3.25. The summed E-state index contributed by atoms with van der Waals surface area (Å²) < 4.78 is 34.4. The maximum Gasteiger partial charge on any atom is 0.320 e. The average Bonchev–Trinajstić information content (AvgIpc) is 3.66. The number of nitrogens with zero attached hydrogens (tertiary/aromatic N) is 6. The molecule has 14 heteroatoms. The maximum absolute atomic E-state index is 14.1. The highest BCUT2D eigenvalue weighted by atomic mass is 19.2. The van der Waals surface area contributed by atoms with Gasteiger partial charge in [0.25, 0.3) is 0 Å². The maximum atomic E-state index is 14.1. The van der Waals surface area contributed by atoms with Gasteiger partial charge in [-0.2, -0.15) is 14.6 Å². The average molecular weight is 605 g/mol. The predicted octanol–water partition coefficient (Wildman–Crippen LogP) is 3.56. The van der Waals surface area contributed by atoms with Gasteiger partial charge in [-0.25, -0.2) is 23.8 Å². The first kappa shape index (κ1) is 29.3. The van der Waals surface area contributed by atoms with E-state index in [1.54, 1.807) is 30.1 Å². The number of carbonyl (C=O) groups is 2. The van der Waals surface area contributed by atoms with Crippen LogP contribution in [0.3, 0.4) is 0 Å². The molecule has 2 aliphatic heterocycles. The van der Waals surface area contributed by atoms with Crippen LogP contribution in [0.15, 0.2) is 54.9 Å². The Hall–Kier alpha value is -4.79. The van der Waals surface area contributed by atoms with E-state index in [0.717, 1.165) is 11.6 Å². The molecule has 0 spiro atoms. The first-order chi connectivity index (χ1) is 21.2. The number of hydroxylamine groups is 2. The van der Waals surface area contributed by atoms with E-state index in [4.69, 9.17) is 14.7 Å². The van der Waals surface area contributed by atoms with E-state index in [9.17, 15) is 18.4 Å². The zero-order valence-corrected chi connectivity index (χ0v) is 24.3. The number of carbonyl (C=O) groups excluding carboxylic acids is 2. The molecular weight excluding hydrogens is 574 g/mol. The molecule has 0 unspecified atom stereocenters. The minimum atomic E-state index is -1.22. The Morgan fingerprint density at radius 1 is 1.16 bits per heavy atom. The molecular formula is C30H30F2N8O4. The van der Waals surface area contributed by atoms with Crippen molar-refractivity contribution in [3.63, 3.8) is 0 Å². The number of para-hydroxylation sites is 1. The summed E-state index contributed by atoms with van der Waals surface area (Å²) >= 11 is 0. The molecule has 3 aromatic heterocycles. The fourth-order valence-electron chi connectivity index (χ4n) is 5.38. The Morgan fingerprint density at radius 2 is 1.95 bits per heavy atom. The molecule has 3 amide bonds. The van der Waals surface area contributed by atoms with Gasteiger partial charge in [-0.1, -0.05) is 18.2 Å². The molecule has 0 saturated carbocycles. The second-order valence-electron chi connectivity index (χ2n) is 10.6. The second kappa shape index (κ2) is 12.1. The van der Waals surface area contributed by atoms with Crippen molar-refractivity contribution in [1.29, 1.82) is 0 Å². The molecule has 4 aromatic rings. The van der Waals surface area contributed by atoms with Crippen LogP contribution in [0, 0.1) is 18.7 Å². The molecule has 0 bridgehead atoms. The molecule has 228 valence electrons. The largest absolute Gasteiger partial charge is 0.383 e. The van der Waals surface area contributed by atoms with Gasteiger partial charge in [0.2, 0.25) is 11.9 Å². The van der Waals surface area contributed by atoms with Crippen molar-refractivity contribution in [1.82, 2.24) is 30.1 Å². The van der Waals surface area contributed by atoms with Gasteiger partial charge in [0.1, 0.15) is 17.7 Å². The normalized spacial score (nSPS) is 18.1. The van der Waals surface area contributed by atoms with E-state index >= 15 is 0 Å². The molecule has 1 fully saturated rings. The number of likely N-dealkylation sites (N-methyl/N-ethyl adjacent to an activating group) is 1. The molecule has 2 aliphatic rings. The minimum Gasteiger partial charge on any atom is -0.383 e. The van der Waals surface area contributed by atoms with Gasteiger partial charge in [-0.05, 0) is 31.2 Å². The molecule has 44 heavy (non-hydrogen) atoms. The highest BCUT2D eigenvalue weighted by Gasteiger charge is 2.37. The number of methoxy groups -OCH3 is 1. The number of halogens is 2. The molecule has 1 saturated heterocycles. The number of rotatable bonds is 8. The molecule has 0 radical (unpaired) electrons. The third-order valence-corrected chi connectivity index (χ3v) is 7.64. The molecule has 6 rings (SSSR count). The lowest BCUT2D eigenvalue weighted by Gasteiger charge is -2.19. The number of anilines is 2. The van der Waals surface area contributed by atoms with Crippen LogP contribution >= 0.6 is 0 Å². The Balaban J connectivity index is 1.29. The topological polar surface area (TPSA) is 127 Å². The number of ether oxygens (including phenoxy) is 1. The van der Waals surface area contributed by atoms with Crippen molar-refractivity contribution in [3.05, 3.63) is 83.3 Å². The van der Waals surface area contributed by atoms with E-state index in [1.165, 1.54) is 11.1 Å². The predicted molar refractivity (Wildman–Crippen MR) is 156 cm³/mol. The number of hydrogen-bond acceptors (Lipinski definition) is 8. The minimum absolute atomic E-state index is 0.0376. The van der Waals surface area contributed by atoms with Gasteiger partial charge in [-0.15, -0.1) is 0 Å². The summed E-state index contributed by atoms with van der Waals surface area (Å²) in [4.78, 5) is 41.2. The SMILES string of the molecule is COCCN1C[C@@H](NC(=O)Nc2c(C)c(-c3cnc4c(c3)CC(=O)N4C)nn2-c2ccccc2)[C@H](c2cnc(F)c(F)c2)O1. The number of aromatic nitrogens is 4. The summed E-state index contributed by atoms with van der Waals surface area (Å²) in [6, 6.07) is 11.0. The highest BCUT2D eigenvalue weighted by molar-refractivity contribution is 6.00. The second-order valence-corrected chi connectivity index (χ2v) is 10.6. The summed E-state index contributed by atoms with van der Waals surface area (Å²) in [5.74, 6) is -1.34. The van der Waals surface area contributed by atoms with Crippen molar-refractivity contribution in [2.75, 3.05) is 44.1 Å². The van der Waals surface area contributed by atoms with E-state index in [1.807, 2.05) is 43.3 Å². The van der Waals surface area contributed by atoms with Gasteiger partial charge in [0.15, 0.2) is 5.82 Å². The fourth-order valence-corrected chi connectivity index (χ4v) is 5.38. The number of nitrogens with one attached hydrogen (secondary N) is 2. The third-order valence-electron chi connectivity index (χ3n) is 7.64. The number of hydrogen-bond donors (Lipinski definition) is 2. The number of fused-ring (bicyclic) bond motifs is 1. The zero-order valence-electron chi connectivity index (χ0n) is 24.3. The van der Waals surface area contributed by atoms with Crippen LogP contribution in [0.1, 0.15) is 22.8 Å². The number of urea groups is 1.